The van der Waals surface area contributed by atoms with Gasteiger partial charge >= 0.3 is 6.18 Å². The summed E-state index contributed by atoms with van der Waals surface area (Å²) in [5.41, 5.74) is -0.967. The van der Waals surface area contributed by atoms with Gasteiger partial charge in [0.15, 0.2) is 9.84 Å². The van der Waals surface area contributed by atoms with Crippen LogP contribution in [-0.2, 0) is 20.8 Å². The smallest absolute Gasteiger partial charge is 0.310 e. The summed E-state index contributed by atoms with van der Waals surface area (Å²) in [5.74, 6) is -0.0491. The predicted octanol–water partition coefficient (Wildman–Crippen LogP) is 3.66. The van der Waals surface area contributed by atoms with Crippen molar-refractivity contribution in [3.8, 4) is 0 Å². The second-order valence-electron chi connectivity index (χ2n) is 7.67. The third-order valence-corrected chi connectivity index (χ3v) is 7.19. The van der Waals surface area contributed by atoms with Crippen molar-refractivity contribution in [1.82, 2.24) is 10.3 Å². The second kappa shape index (κ2) is 9.78. The van der Waals surface area contributed by atoms with Gasteiger partial charge in [-0.2, -0.15) is 13.2 Å². The molecule has 1 aromatic heterocycles. The van der Waals surface area contributed by atoms with Gasteiger partial charge in [0, 0.05) is 12.2 Å². The third kappa shape index (κ3) is 6.76. The summed E-state index contributed by atoms with van der Waals surface area (Å²) < 4.78 is 63.8. The first-order valence-corrected chi connectivity index (χ1v) is 11.6. The molecule has 2 aromatic rings. The van der Waals surface area contributed by atoms with Crippen LogP contribution in [0.4, 0.5) is 19.0 Å². The van der Waals surface area contributed by atoms with Crippen LogP contribution in [0, 0.1) is 5.92 Å². The Hall–Kier alpha value is -2.46. The molecule has 1 heterocycles. The van der Waals surface area contributed by atoms with Gasteiger partial charge in [0.2, 0.25) is 5.91 Å². The fourth-order valence-electron chi connectivity index (χ4n) is 3.67. The molecule has 0 saturated heterocycles. The van der Waals surface area contributed by atoms with E-state index < -0.39 is 21.6 Å². The Kier molecular flexibility index (Phi) is 7.32. The van der Waals surface area contributed by atoms with Crippen LogP contribution in [0.15, 0.2) is 53.6 Å². The predicted molar refractivity (Wildman–Crippen MR) is 110 cm³/mol. The number of carbonyl (C=O) groups excluding carboxylic acids is 1. The molecule has 1 saturated carbocycles. The number of nitrogens with one attached hydrogen (secondary N) is 2. The molecule has 0 unspecified atom stereocenters. The van der Waals surface area contributed by atoms with Gasteiger partial charge in [-0.3, -0.25) is 4.79 Å². The first kappa shape index (κ1) is 23.2. The van der Waals surface area contributed by atoms with Crippen molar-refractivity contribution in [2.24, 2.45) is 5.92 Å². The number of alkyl halides is 3. The van der Waals surface area contributed by atoms with E-state index in [1.807, 2.05) is 0 Å². The maximum Gasteiger partial charge on any atom is 0.416 e. The van der Waals surface area contributed by atoms with E-state index >= 15 is 0 Å². The summed E-state index contributed by atoms with van der Waals surface area (Å²) in [5, 5.41) is 5.85. The topological polar surface area (TPSA) is 88.2 Å². The number of benzene rings is 1. The van der Waals surface area contributed by atoms with Crippen LogP contribution in [0.3, 0.4) is 0 Å². The Bertz CT molecular complexity index is 990. The zero-order valence-electron chi connectivity index (χ0n) is 16.7. The quantitative estimate of drug-likeness (QED) is 0.665. The molecule has 2 N–H and O–H groups in total. The summed E-state index contributed by atoms with van der Waals surface area (Å²) in [6, 6.07) is 9.17. The Morgan fingerprint density at radius 2 is 1.81 bits per heavy atom. The number of hydrogen-bond acceptors (Lipinski definition) is 5. The normalized spacial score (nSPS) is 19.7. The van der Waals surface area contributed by atoms with Crippen LogP contribution >= 0.6 is 0 Å². The van der Waals surface area contributed by atoms with Crippen molar-refractivity contribution in [1.29, 1.82) is 0 Å². The number of nitrogens with zero attached hydrogens (tertiary/aromatic N) is 1. The van der Waals surface area contributed by atoms with E-state index in [0.29, 0.717) is 37.6 Å². The molecule has 1 fully saturated rings. The fourth-order valence-corrected chi connectivity index (χ4v) is 5.41. The highest BCUT2D eigenvalue weighted by molar-refractivity contribution is 7.91. The molecule has 1 aromatic carbocycles. The van der Waals surface area contributed by atoms with E-state index in [-0.39, 0.29) is 35.1 Å². The van der Waals surface area contributed by atoms with Crippen LogP contribution in [0.2, 0.25) is 0 Å². The molecule has 1 aliphatic carbocycles. The molecule has 1 amide bonds. The van der Waals surface area contributed by atoms with Gasteiger partial charge in [0.1, 0.15) is 5.82 Å². The van der Waals surface area contributed by atoms with Crippen molar-refractivity contribution in [3.05, 3.63) is 54.2 Å². The highest BCUT2D eigenvalue weighted by Crippen LogP contribution is 2.32. The molecule has 3 rings (SSSR count). The zero-order valence-corrected chi connectivity index (χ0v) is 17.5. The molecule has 0 aliphatic heterocycles. The van der Waals surface area contributed by atoms with Crippen LogP contribution in [0.5, 0.6) is 0 Å². The molecule has 31 heavy (non-hydrogen) atoms. The summed E-state index contributed by atoms with van der Waals surface area (Å²) in [7, 11) is -3.81. The number of pyridine rings is 1. The fraction of sp³-hybridized carbons (Fsp3) is 0.429. The van der Waals surface area contributed by atoms with Gasteiger partial charge in [0.05, 0.1) is 22.8 Å². The van der Waals surface area contributed by atoms with E-state index in [2.05, 4.69) is 15.6 Å². The van der Waals surface area contributed by atoms with E-state index in [1.54, 1.807) is 24.4 Å². The van der Waals surface area contributed by atoms with Crippen LogP contribution in [0.25, 0.3) is 0 Å². The van der Waals surface area contributed by atoms with Gasteiger partial charge in [-0.05, 0) is 61.9 Å². The van der Waals surface area contributed by atoms with Gasteiger partial charge in [-0.25, -0.2) is 13.4 Å². The summed E-state index contributed by atoms with van der Waals surface area (Å²) in [4.78, 5) is 15.7. The largest absolute Gasteiger partial charge is 0.416 e. The lowest BCUT2D eigenvalue weighted by Gasteiger charge is -2.29. The number of aromatic nitrogens is 1. The summed E-state index contributed by atoms with van der Waals surface area (Å²) in [6.45, 7) is 0.119. The monoisotopic (exact) mass is 455 g/mol. The number of rotatable bonds is 7. The van der Waals surface area contributed by atoms with Crippen molar-refractivity contribution in [2.75, 3.05) is 17.6 Å². The third-order valence-electron chi connectivity index (χ3n) is 5.31. The minimum Gasteiger partial charge on any atom is -0.310 e. The maximum absolute atomic E-state index is 12.9. The Morgan fingerprint density at radius 3 is 2.45 bits per heavy atom. The highest BCUT2D eigenvalue weighted by atomic mass is 32.2. The molecule has 10 heteroatoms. The van der Waals surface area contributed by atoms with E-state index in [1.165, 1.54) is 6.07 Å². The maximum atomic E-state index is 12.9. The summed E-state index contributed by atoms with van der Waals surface area (Å²) in [6.07, 6.45) is -0.370. The lowest BCUT2D eigenvalue weighted by atomic mass is 9.87. The standard InChI is InChI=1S/C21H24F3N3O3S/c22-21(23,24)16-4-3-5-18(12-16)31(29,30)14-15-7-9-17(10-8-15)26-13-20(28)27-19-6-1-2-11-25-19/h1-6,11-12,15,17,26H,7-10,13-14H2,(H,25,27,28)/t15-,17-. The Morgan fingerprint density at radius 1 is 1.06 bits per heavy atom. The molecule has 0 bridgehead atoms. The van der Waals surface area contributed by atoms with E-state index in [0.717, 1.165) is 12.1 Å². The van der Waals surface area contributed by atoms with Crippen molar-refractivity contribution >= 4 is 21.6 Å². The molecule has 1 aliphatic rings. The highest BCUT2D eigenvalue weighted by Gasteiger charge is 2.32. The Balaban J connectivity index is 1.47. The summed E-state index contributed by atoms with van der Waals surface area (Å²) >= 11 is 0. The second-order valence-corrected chi connectivity index (χ2v) is 9.70. The zero-order chi connectivity index (χ0) is 22.5. The van der Waals surface area contributed by atoms with Crippen LogP contribution < -0.4 is 10.6 Å². The average Bonchev–Trinajstić information content (AvgIpc) is 2.73. The van der Waals surface area contributed by atoms with E-state index in [9.17, 15) is 26.4 Å². The molecular formula is C21H24F3N3O3S. The van der Waals surface area contributed by atoms with Crippen molar-refractivity contribution in [3.63, 3.8) is 0 Å². The van der Waals surface area contributed by atoms with Gasteiger partial charge in [-0.15, -0.1) is 0 Å². The van der Waals surface area contributed by atoms with Crippen LogP contribution in [0.1, 0.15) is 31.2 Å². The molecule has 0 radical (unpaired) electrons. The van der Waals surface area contributed by atoms with E-state index in [4.69, 9.17) is 0 Å². The van der Waals surface area contributed by atoms with Crippen molar-refractivity contribution < 1.29 is 26.4 Å². The molecular weight excluding hydrogens is 431 g/mol. The molecule has 168 valence electrons. The molecule has 0 atom stereocenters. The SMILES string of the molecule is O=C(CN[C@H]1CC[C@H](CS(=O)(=O)c2cccc(C(F)(F)F)c2)CC1)Nc1ccccn1. The van der Waals surface area contributed by atoms with Gasteiger partial charge in [0.25, 0.3) is 0 Å². The number of amides is 1. The molecule has 6 nitrogen and oxygen atoms in total. The van der Waals surface area contributed by atoms with Gasteiger partial charge in [-0.1, -0.05) is 12.1 Å². The lowest BCUT2D eigenvalue weighted by Crippen LogP contribution is -2.39. The number of anilines is 1. The average molecular weight is 456 g/mol. The Labute approximate surface area is 179 Å². The first-order valence-electron chi connectivity index (χ1n) is 9.98. The minimum atomic E-state index is -4.59. The number of sulfone groups is 1. The molecule has 0 spiro atoms. The van der Waals surface area contributed by atoms with Gasteiger partial charge < -0.3 is 10.6 Å². The van der Waals surface area contributed by atoms with Crippen LogP contribution in [-0.4, -0.2) is 37.6 Å². The first-order chi connectivity index (χ1) is 14.6. The lowest BCUT2D eigenvalue weighted by molar-refractivity contribution is -0.137. The number of carbonyl (C=O) groups is 1. The number of halogens is 3. The minimum absolute atomic E-state index is 0.0852. The van der Waals surface area contributed by atoms with Crippen molar-refractivity contribution in [2.45, 2.75) is 42.8 Å². The number of hydrogen-bond donors (Lipinski definition) is 2.